The van der Waals surface area contributed by atoms with Gasteiger partial charge >= 0.3 is 5.97 Å². The van der Waals surface area contributed by atoms with E-state index in [4.69, 9.17) is 16.3 Å². The van der Waals surface area contributed by atoms with Crippen LogP contribution in [0, 0.1) is 0 Å². The Balaban J connectivity index is 2.08. The number of benzene rings is 2. The van der Waals surface area contributed by atoms with Gasteiger partial charge in [0.1, 0.15) is 0 Å². The van der Waals surface area contributed by atoms with E-state index in [-0.39, 0.29) is 5.91 Å². The normalized spacial score (nSPS) is 15.2. The van der Waals surface area contributed by atoms with Gasteiger partial charge in [-0.1, -0.05) is 33.6 Å². The molecule has 0 N–H and O–H groups in total. The highest BCUT2D eigenvalue weighted by atomic mass is 79.9. The minimum absolute atomic E-state index is 0.0273. The molecule has 0 saturated heterocycles. The van der Waals surface area contributed by atoms with Gasteiger partial charge in [-0.3, -0.25) is 4.79 Å². The van der Waals surface area contributed by atoms with Crippen molar-refractivity contribution in [2.45, 2.75) is 25.8 Å². The Morgan fingerprint density at radius 2 is 1.96 bits per heavy atom. The zero-order valence-corrected chi connectivity index (χ0v) is 16.4. The highest BCUT2D eigenvalue weighted by molar-refractivity contribution is 9.10. The van der Waals surface area contributed by atoms with Crippen molar-refractivity contribution in [2.24, 2.45) is 0 Å². The number of hydrogen-bond acceptors (Lipinski definition) is 3. The van der Waals surface area contributed by atoms with Crippen LogP contribution in [0.4, 0.5) is 5.69 Å². The van der Waals surface area contributed by atoms with Crippen LogP contribution in [0.25, 0.3) is 0 Å². The van der Waals surface area contributed by atoms with E-state index in [9.17, 15) is 9.59 Å². The van der Waals surface area contributed by atoms with Gasteiger partial charge in [-0.2, -0.15) is 0 Å². The number of hydrogen-bond donors (Lipinski definition) is 0. The molecular weight excluding hydrogens is 406 g/mol. The van der Waals surface area contributed by atoms with Crippen molar-refractivity contribution < 1.29 is 14.3 Å². The van der Waals surface area contributed by atoms with Crippen molar-refractivity contribution >= 4 is 45.1 Å². The number of methoxy groups -OCH3 is 1. The van der Waals surface area contributed by atoms with Gasteiger partial charge in [-0.05, 0) is 55.3 Å². The first-order valence-electron chi connectivity index (χ1n) is 7.74. The molecule has 0 spiro atoms. The molecule has 4 nitrogen and oxygen atoms in total. The van der Waals surface area contributed by atoms with Crippen LogP contribution in [-0.4, -0.2) is 19.0 Å². The summed E-state index contributed by atoms with van der Waals surface area (Å²) in [7, 11) is 1.34. The average Bonchev–Trinajstić information content (AvgIpc) is 2.78. The van der Waals surface area contributed by atoms with Crippen molar-refractivity contribution in [3.05, 3.63) is 62.6 Å². The third-order valence-corrected chi connectivity index (χ3v) is 5.36. The van der Waals surface area contributed by atoms with Crippen LogP contribution < -0.4 is 4.90 Å². The molecule has 0 unspecified atom stereocenters. The molecule has 0 aromatic heterocycles. The minimum atomic E-state index is -0.664. The molecule has 2 aromatic rings. The van der Waals surface area contributed by atoms with E-state index < -0.39 is 11.4 Å². The van der Waals surface area contributed by atoms with Gasteiger partial charge < -0.3 is 9.64 Å². The van der Waals surface area contributed by atoms with Gasteiger partial charge in [0.2, 0.25) is 5.91 Å². The molecule has 25 heavy (non-hydrogen) atoms. The Labute approximate surface area is 159 Å². The highest BCUT2D eigenvalue weighted by Gasteiger charge is 2.44. The lowest BCUT2D eigenvalue weighted by molar-refractivity contribution is -0.122. The maximum atomic E-state index is 13.0. The summed E-state index contributed by atoms with van der Waals surface area (Å²) in [6.45, 7) is 4.10. The molecular formula is C19H17BrClNO3. The molecule has 0 bridgehead atoms. The Hall–Kier alpha value is -1.85. The Morgan fingerprint density at radius 3 is 2.64 bits per heavy atom. The van der Waals surface area contributed by atoms with E-state index in [0.717, 1.165) is 15.6 Å². The zero-order chi connectivity index (χ0) is 18.4. The number of esters is 1. The topological polar surface area (TPSA) is 46.6 Å². The number of carbonyl (C=O) groups is 2. The highest BCUT2D eigenvalue weighted by Crippen LogP contribution is 2.43. The minimum Gasteiger partial charge on any atom is -0.465 e. The van der Waals surface area contributed by atoms with Crippen LogP contribution in [-0.2, 0) is 21.5 Å². The predicted octanol–water partition coefficient (Wildman–Crippen LogP) is 4.71. The summed E-state index contributed by atoms with van der Waals surface area (Å²) in [6.07, 6.45) is 0. The third kappa shape index (κ3) is 3.07. The van der Waals surface area contributed by atoms with Gasteiger partial charge in [0, 0.05) is 15.2 Å². The summed E-state index contributed by atoms with van der Waals surface area (Å²) < 4.78 is 5.68. The maximum absolute atomic E-state index is 13.0. The third-order valence-electron chi connectivity index (χ3n) is 4.50. The average molecular weight is 423 g/mol. The lowest BCUT2D eigenvalue weighted by Crippen LogP contribution is -2.35. The fourth-order valence-corrected chi connectivity index (χ4v) is 3.67. The number of anilines is 1. The lowest BCUT2D eigenvalue weighted by atomic mass is 9.86. The smallest absolute Gasteiger partial charge is 0.337 e. The molecule has 130 valence electrons. The van der Waals surface area contributed by atoms with Gasteiger partial charge in [-0.25, -0.2) is 4.79 Å². The summed E-state index contributed by atoms with van der Waals surface area (Å²) in [4.78, 5) is 26.5. The second kappa shape index (κ2) is 6.46. The second-order valence-corrected chi connectivity index (χ2v) is 7.80. The number of ether oxygens (including phenoxy) is 1. The van der Waals surface area contributed by atoms with Gasteiger partial charge in [0.25, 0.3) is 0 Å². The molecule has 0 radical (unpaired) electrons. The molecule has 0 atom stereocenters. The fraction of sp³-hybridized carbons (Fsp3) is 0.263. The maximum Gasteiger partial charge on any atom is 0.337 e. The van der Waals surface area contributed by atoms with Gasteiger partial charge in [-0.15, -0.1) is 0 Å². The van der Waals surface area contributed by atoms with Crippen molar-refractivity contribution in [1.29, 1.82) is 0 Å². The molecule has 1 aliphatic heterocycles. The zero-order valence-electron chi connectivity index (χ0n) is 14.1. The number of halogens is 2. The molecule has 2 aromatic carbocycles. The first kappa shape index (κ1) is 18.0. The van der Waals surface area contributed by atoms with Crippen LogP contribution in [0.3, 0.4) is 0 Å². The van der Waals surface area contributed by atoms with Crippen LogP contribution in [0.15, 0.2) is 40.9 Å². The van der Waals surface area contributed by atoms with Crippen molar-refractivity contribution in [3.63, 3.8) is 0 Å². The van der Waals surface area contributed by atoms with Crippen LogP contribution in [0.2, 0.25) is 5.02 Å². The quantitative estimate of drug-likeness (QED) is 0.673. The number of carbonyl (C=O) groups excluding carboxylic acids is 2. The second-order valence-electron chi connectivity index (χ2n) is 6.48. The number of nitrogens with zero attached hydrogens (tertiary/aromatic N) is 1. The monoisotopic (exact) mass is 421 g/mol. The van der Waals surface area contributed by atoms with E-state index in [0.29, 0.717) is 22.8 Å². The summed E-state index contributed by atoms with van der Waals surface area (Å²) in [6, 6.07) is 10.8. The predicted molar refractivity (Wildman–Crippen MR) is 101 cm³/mol. The molecule has 3 rings (SSSR count). The van der Waals surface area contributed by atoms with Gasteiger partial charge in [0.05, 0.1) is 24.6 Å². The van der Waals surface area contributed by atoms with E-state index in [1.54, 1.807) is 23.1 Å². The van der Waals surface area contributed by atoms with E-state index in [1.807, 2.05) is 32.0 Å². The lowest BCUT2D eigenvalue weighted by Gasteiger charge is -2.21. The van der Waals surface area contributed by atoms with E-state index in [2.05, 4.69) is 15.9 Å². The number of amides is 1. The number of rotatable bonds is 3. The van der Waals surface area contributed by atoms with E-state index >= 15 is 0 Å². The molecule has 0 saturated carbocycles. The summed E-state index contributed by atoms with van der Waals surface area (Å²) in [5, 5.41) is 0.589. The molecule has 0 aliphatic carbocycles. The molecule has 1 aliphatic rings. The molecule has 6 heteroatoms. The molecule has 1 amide bonds. The Kier molecular flexibility index (Phi) is 4.64. The van der Waals surface area contributed by atoms with Crippen LogP contribution in [0.1, 0.15) is 35.3 Å². The Morgan fingerprint density at radius 1 is 1.24 bits per heavy atom. The van der Waals surface area contributed by atoms with E-state index in [1.165, 1.54) is 7.11 Å². The fourth-order valence-electron chi connectivity index (χ4n) is 3.08. The van der Waals surface area contributed by atoms with Gasteiger partial charge in [0.15, 0.2) is 0 Å². The van der Waals surface area contributed by atoms with Crippen molar-refractivity contribution in [1.82, 2.24) is 0 Å². The van der Waals surface area contributed by atoms with Crippen molar-refractivity contribution in [2.75, 3.05) is 12.0 Å². The Bertz CT molecular complexity index is 879. The SMILES string of the molecule is COC(=O)c1ccc2c(c1)N(Cc1cc(Br)ccc1Cl)C(=O)C2(C)C. The summed E-state index contributed by atoms with van der Waals surface area (Å²) in [5.74, 6) is -0.457. The summed E-state index contributed by atoms with van der Waals surface area (Å²) >= 11 is 9.72. The first-order chi connectivity index (χ1) is 11.8. The standard InChI is InChI=1S/C19H17BrClNO3/c1-19(2)14-6-4-11(17(23)25-3)9-16(14)22(18(19)24)10-12-8-13(20)5-7-15(12)21/h4-9H,10H2,1-3H3. The molecule has 0 fully saturated rings. The largest absolute Gasteiger partial charge is 0.465 e. The van der Waals surface area contributed by atoms with Crippen LogP contribution in [0.5, 0.6) is 0 Å². The number of fused-ring (bicyclic) bond motifs is 1. The first-order valence-corrected chi connectivity index (χ1v) is 8.91. The van der Waals surface area contributed by atoms with Crippen LogP contribution >= 0.6 is 27.5 Å². The molecule has 1 heterocycles. The summed E-state index contributed by atoms with van der Waals surface area (Å²) in [5.41, 5.74) is 2.18. The van der Waals surface area contributed by atoms with Crippen molar-refractivity contribution in [3.8, 4) is 0 Å².